The molecular formula is C15H22N2O4. The number of rotatable bonds is 6. The molecule has 2 rings (SSSR count). The largest absolute Gasteiger partial charge is 0.486 e. The number of hydrogen-bond acceptors (Lipinski definition) is 5. The number of ether oxygens (including phenoxy) is 2. The quantitative estimate of drug-likeness (QED) is 0.729. The zero-order chi connectivity index (χ0) is 15.2. The molecule has 21 heavy (non-hydrogen) atoms. The number of benzene rings is 1. The Labute approximate surface area is 124 Å². The van der Waals surface area contributed by atoms with Crippen molar-refractivity contribution < 1.29 is 19.4 Å². The average Bonchev–Trinajstić information content (AvgIpc) is 2.47. The van der Waals surface area contributed by atoms with Gasteiger partial charge in [-0.1, -0.05) is 13.8 Å². The standard InChI is InChI=1S/C15H22N2O4/c1-10(2)12(9-18)16-8-15(19)17-11-3-4-13-14(7-11)21-6-5-20-13/h3-4,7,10,12,16,18H,5-6,8-9H2,1-2H3,(H,17,19). The van der Waals surface area contributed by atoms with Gasteiger partial charge in [-0.2, -0.15) is 0 Å². The number of carbonyl (C=O) groups excluding carboxylic acids is 1. The maximum Gasteiger partial charge on any atom is 0.238 e. The van der Waals surface area contributed by atoms with E-state index in [0.717, 1.165) is 0 Å². The second-order valence-electron chi connectivity index (χ2n) is 5.32. The summed E-state index contributed by atoms with van der Waals surface area (Å²) in [5.74, 6) is 1.43. The summed E-state index contributed by atoms with van der Waals surface area (Å²) < 4.78 is 10.9. The molecule has 1 aliphatic heterocycles. The van der Waals surface area contributed by atoms with E-state index in [1.807, 2.05) is 13.8 Å². The lowest BCUT2D eigenvalue weighted by atomic mass is 10.1. The Morgan fingerprint density at radius 1 is 1.29 bits per heavy atom. The molecule has 1 unspecified atom stereocenters. The highest BCUT2D eigenvalue weighted by Gasteiger charge is 2.15. The van der Waals surface area contributed by atoms with Crippen LogP contribution in [0, 0.1) is 5.92 Å². The summed E-state index contributed by atoms with van der Waals surface area (Å²) in [5, 5.41) is 15.0. The van der Waals surface area contributed by atoms with Gasteiger partial charge in [-0.15, -0.1) is 0 Å². The number of fused-ring (bicyclic) bond motifs is 1. The fourth-order valence-corrected chi connectivity index (χ4v) is 2.06. The van der Waals surface area contributed by atoms with Crippen LogP contribution in [0.4, 0.5) is 5.69 Å². The zero-order valence-corrected chi connectivity index (χ0v) is 12.4. The SMILES string of the molecule is CC(C)C(CO)NCC(=O)Nc1ccc2c(c1)OCCO2. The van der Waals surface area contributed by atoms with Gasteiger partial charge in [0.25, 0.3) is 0 Å². The summed E-state index contributed by atoms with van der Waals surface area (Å²) in [6.07, 6.45) is 0. The highest BCUT2D eigenvalue weighted by Crippen LogP contribution is 2.32. The van der Waals surface area contributed by atoms with Gasteiger partial charge in [0.05, 0.1) is 13.2 Å². The van der Waals surface area contributed by atoms with Crippen LogP contribution in [0.5, 0.6) is 11.5 Å². The third-order valence-electron chi connectivity index (χ3n) is 3.35. The van der Waals surface area contributed by atoms with Crippen molar-refractivity contribution in [3.63, 3.8) is 0 Å². The minimum absolute atomic E-state index is 0.00890. The Morgan fingerprint density at radius 2 is 2.00 bits per heavy atom. The van der Waals surface area contributed by atoms with E-state index < -0.39 is 0 Å². The van der Waals surface area contributed by atoms with Gasteiger partial charge in [-0.3, -0.25) is 4.79 Å². The van der Waals surface area contributed by atoms with Crippen LogP contribution in [-0.2, 0) is 4.79 Å². The molecule has 1 aromatic carbocycles. The maximum absolute atomic E-state index is 11.9. The molecule has 0 saturated carbocycles. The molecule has 6 nitrogen and oxygen atoms in total. The average molecular weight is 294 g/mol. The molecule has 3 N–H and O–H groups in total. The Hall–Kier alpha value is -1.79. The molecule has 0 aromatic heterocycles. The van der Waals surface area contributed by atoms with Gasteiger partial charge in [-0.05, 0) is 18.1 Å². The number of amides is 1. The van der Waals surface area contributed by atoms with Crippen molar-refractivity contribution in [2.45, 2.75) is 19.9 Å². The van der Waals surface area contributed by atoms with Crippen LogP contribution in [0.1, 0.15) is 13.8 Å². The van der Waals surface area contributed by atoms with Crippen LogP contribution in [-0.4, -0.2) is 43.4 Å². The normalized spacial score (nSPS) is 14.9. The van der Waals surface area contributed by atoms with Crippen molar-refractivity contribution in [1.29, 1.82) is 0 Å². The fourth-order valence-electron chi connectivity index (χ4n) is 2.06. The summed E-state index contributed by atoms with van der Waals surface area (Å²) >= 11 is 0. The summed E-state index contributed by atoms with van der Waals surface area (Å²) in [7, 11) is 0. The summed E-state index contributed by atoms with van der Waals surface area (Å²) in [6.45, 7) is 5.20. The number of nitrogens with one attached hydrogen (secondary N) is 2. The Balaban J connectivity index is 1.88. The number of aliphatic hydroxyl groups excluding tert-OH is 1. The number of anilines is 1. The zero-order valence-electron chi connectivity index (χ0n) is 12.4. The summed E-state index contributed by atoms with van der Waals surface area (Å²) in [5.41, 5.74) is 0.663. The fraction of sp³-hybridized carbons (Fsp3) is 0.533. The summed E-state index contributed by atoms with van der Waals surface area (Å²) in [4.78, 5) is 11.9. The molecule has 116 valence electrons. The lowest BCUT2D eigenvalue weighted by molar-refractivity contribution is -0.115. The maximum atomic E-state index is 11.9. The van der Waals surface area contributed by atoms with Gasteiger partial charge in [0.2, 0.25) is 5.91 Å². The van der Waals surface area contributed by atoms with Crippen LogP contribution >= 0.6 is 0 Å². The van der Waals surface area contributed by atoms with Gasteiger partial charge in [0.1, 0.15) is 13.2 Å². The van der Waals surface area contributed by atoms with E-state index in [9.17, 15) is 9.90 Å². The first-order valence-corrected chi connectivity index (χ1v) is 7.14. The lowest BCUT2D eigenvalue weighted by Gasteiger charge is -2.20. The molecule has 1 aromatic rings. The van der Waals surface area contributed by atoms with Crippen LogP contribution < -0.4 is 20.1 Å². The Bertz CT molecular complexity index is 491. The van der Waals surface area contributed by atoms with Crippen molar-refractivity contribution in [2.24, 2.45) is 5.92 Å². The number of aliphatic hydroxyl groups is 1. The molecule has 0 aliphatic carbocycles. The smallest absolute Gasteiger partial charge is 0.238 e. The third kappa shape index (κ3) is 4.34. The molecule has 1 atom stereocenters. The predicted molar refractivity (Wildman–Crippen MR) is 79.8 cm³/mol. The van der Waals surface area contributed by atoms with Crippen LogP contribution in [0.25, 0.3) is 0 Å². The van der Waals surface area contributed by atoms with Gasteiger partial charge in [0.15, 0.2) is 11.5 Å². The number of hydrogen-bond donors (Lipinski definition) is 3. The van der Waals surface area contributed by atoms with Crippen molar-refractivity contribution >= 4 is 11.6 Å². The van der Waals surface area contributed by atoms with Gasteiger partial charge >= 0.3 is 0 Å². The van der Waals surface area contributed by atoms with Crippen molar-refractivity contribution in [2.75, 3.05) is 31.7 Å². The third-order valence-corrected chi connectivity index (χ3v) is 3.35. The Morgan fingerprint density at radius 3 is 2.67 bits per heavy atom. The summed E-state index contributed by atoms with van der Waals surface area (Å²) in [6, 6.07) is 5.22. The van der Waals surface area contributed by atoms with E-state index in [0.29, 0.717) is 30.4 Å². The second kappa shape index (κ2) is 7.28. The van der Waals surface area contributed by atoms with E-state index in [-0.39, 0.29) is 31.0 Å². The van der Waals surface area contributed by atoms with Crippen molar-refractivity contribution in [1.82, 2.24) is 5.32 Å². The first-order valence-electron chi connectivity index (χ1n) is 7.14. The molecule has 1 heterocycles. The molecule has 0 saturated heterocycles. The van der Waals surface area contributed by atoms with Crippen LogP contribution in [0.3, 0.4) is 0 Å². The first kappa shape index (κ1) is 15.6. The van der Waals surface area contributed by atoms with Gasteiger partial charge < -0.3 is 25.2 Å². The minimum atomic E-state index is -0.161. The highest BCUT2D eigenvalue weighted by molar-refractivity contribution is 5.92. The first-order chi connectivity index (χ1) is 10.1. The Kier molecular flexibility index (Phi) is 5.41. The molecule has 6 heteroatoms. The molecule has 0 bridgehead atoms. The van der Waals surface area contributed by atoms with E-state index >= 15 is 0 Å². The molecule has 1 amide bonds. The van der Waals surface area contributed by atoms with Crippen LogP contribution in [0.15, 0.2) is 18.2 Å². The lowest BCUT2D eigenvalue weighted by Crippen LogP contribution is -2.41. The number of carbonyl (C=O) groups is 1. The van der Waals surface area contributed by atoms with Crippen molar-refractivity contribution in [3.05, 3.63) is 18.2 Å². The van der Waals surface area contributed by atoms with E-state index in [2.05, 4.69) is 10.6 Å². The van der Waals surface area contributed by atoms with Gasteiger partial charge in [0, 0.05) is 17.8 Å². The molecular weight excluding hydrogens is 272 g/mol. The van der Waals surface area contributed by atoms with E-state index in [4.69, 9.17) is 9.47 Å². The molecule has 1 aliphatic rings. The molecule has 0 fully saturated rings. The molecule has 0 radical (unpaired) electrons. The predicted octanol–water partition coefficient (Wildman–Crippen LogP) is 1.00. The topological polar surface area (TPSA) is 79.8 Å². The van der Waals surface area contributed by atoms with E-state index in [1.54, 1.807) is 18.2 Å². The second-order valence-corrected chi connectivity index (χ2v) is 5.32. The van der Waals surface area contributed by atoms with Crippen LogP contribution in [0.2, 0.25) is 0 Å². The minimum Gasteiger partial charge on any atom is -0.486 e. The van der Waals surface area contributed by atoms with E-state index in [1.165, 1.54) is 0 Å². The van der Waals surface area contributed by atoms with Gasteiger partial charge in [-0.25, -0.2) is 0 Å². The highest BCUT2D eigenvalue weighted by atomic mass is 16.6. The molecule has 0 spiro atoms. The monoisotopic (exact) mass is 294 g/mol. The van der Waals surface area contributed by atoms with Crippen molar-refractivity contribution in [3.8, 4) is 11.5 Å².